The maximum atomic E-state index is 13.9. The van der Waals surface area contributed by atoms with Gasteiger partial charge in [-0.2, -0.15) is 0 Å². The van der Waals surface area contributed by atoms with Crippen molar-refractivity contribution in [3.05, 3.63) is 89.1 Å². The summed E-state index contributed by atoms with van der Waals surface area (Å²) < 4.78 is 25.0. The zero-order chi connectivity index (χ0) is 21.5. The second kappa shape index (κ2) is 7.43. The number of halogens is 1. The molecule has 0 radical (unpaired) electrons. The number of aryl methyl sites for hydroxylation is 1. The number of ether oxygens (including phenoxy) is 1. The van der Waals surface area contributed by atoms with Crippen LogP contribution in [0.4, 0.5) is 10.1 Å². The van der Waals surface area contributed by atoms with Crippen LogP contribution in [0.15, 0.2) is 70.9 Å². The van der Waals surface area contributed by atoms with Crippen LogP contribution in [0.5, 0.6) is 5.75 Å². The molecule has 1 fully saturated rings. The lowest BCUT2D eigenvalue weighted by Gasteiger charge is -2.23. The molecule has 1 unspecified atom stereocenters. The Kier molecular flexibility index (Phi) is 4.58. The summed E-state index contributed by atoms with van der Waals surface area (Å²) >= 11 is 0. The molecule has 6 nitrogen and oxygen atoms in total. The first kappa shape index (κ1) is 19.1. The molecule has 2 aliphatic rings. The zero-order valence-electron chi connectivity index (χ0n) is 16.4. The molecule has 2 aliphatic heterocycles. The highest BCUT2D eigenvalue weighted by Gasteiger charge is 2.48. The highest BCUT2D eigenvalue weighted by Crippen LogP contribution is 2.42. The number of benzene rings is 2. The summed E-state index contributed by atoms with van der Waals surface area (Å²) in [6.45, 7) is 0.634. The molecule has 2 aromatic carbocycles. The van der Waals surface area contributed by atoms with E-state index in [1.165, 1.54) is 24.5 Å². The lowest BCUT2D eigenvalue weighted by Crippen LogP contribution is -2.29. The minimum absolute atomic E-state index is 0.110. The van der Waals surface area contributed by atoms with Gasteiger partial charge in [-0.3, -0.25) is 14.5 Å². The molecule has 31 heavy (non-hydrogen) atoms. The van der Waals surface area contributed by atoms with E-state index in [0.717, 1.165) is 35.1 Å². The van der Waals surface area contributed by atoms with Gasteiger partial charge in [-0.25, -0.2) is 4.39 Å². The van der Waals surface area contributed by atoms with Crippen LogP contribution in [0, 0.1) is 5.82 Å². The lowest BCUT2D eigenvalue weighted by molar-refractivity contribution is -0.132. The molecule has 3 heterocycles. The van der Waals surface area contributed by atoms with Gasteiger partial charge in [-0.15, -0.1) is 0 Å². The van der Waals surface area contributed by atoms with Crippen LogP contribution in [-0.4, -0.2) is 23.4 Å². The summed E-state index contributed by atoms with van der Waals surface area (Å²) in [7, 11) is 0. The summed E-state index contributed by atoms with van der Waals surface area (Å²) in [5.74, 6) is -1.57. The van der Waals surface area contributed by atoms with Gasteiger partial charge in [0.25, 0.3) is 11.7 Å². The second-order valence-corrected chi connectivity index (χ2v) is 7.44. The molecule has 156 valence electrons. The maximum absolute atomic E-state index is 13.9. The molecular formula is C24H18FNO5. The Morgan fingerprint density at radius 3 is 2.74 bits per heavy atom. The second-order valence-electron chi connectivity index (χ2n) is 7.44. The van der Waals surface area contributed by atoms with Gasteiger partial charge in [-0.1, -0.05) is 6.07 Å². The van der Waals surface area contributed by atoms with E-state index >= 15 is 0 Å². The van der Waals surface area contributed by atoms with Crippen LogP contribution in [0.3, 0.4) is 0 Å². The number of aliphatic hydroxyl groups is 1. The summed E-state index contributed by atoms with van der Waals surface area (Å²) in [4.78, 5) is 27.1. The third kappa shape index (κ3) is 3.18. The number of ketones is 1. The van der Waals surface area contributed by atoms with Crippen molar-refractivity contribution < 1.29 is 28.2 Å². The first-order chi connectivity index (χ1) is 15.0. The highest BCUT2D eigenvalue weighted by molar-refractivity contribution is 6.51. The molecule has 1 aromatic heterocycles. The third-order valence-electron chi connectivity index (χ3n) is 5.53. The zero-order valence-corrected chi connectivity index (χ0v) is 16.4. The van der Waals surface area contributed by atoms with Crippen molar-refractivity contribution in [2.75, 3.05) is 11.5 Å². The van der Waals surface area contributed by atoms with E-state index < -0.39 is 23.5 Å². The summed E-state index contributed by atoms with van der Waals surface area (Å²) in [6.07, 6.45) is 3.06. The molecule has 1 N–H and O–H groups in total. The largest absolute Gasteiger partial charge is 0.507 e. The average Bonchev–Trinajstić information content (AvgIpc) is 3.40. The van der Waals surface area contributed by atoms with Gasteiger partial charge in [-0.05, 0) is 66.9 Å². The number of furan rings is 1. The topological polar surface area (TPSA) is 80.0 Å². The normalized spacial score (nSPS) is 19.9. The van der Waals surface area contributed by atoms with Gasteiger partial charge in [0, 0.05) is 11.3 Å². The van der Waals surface area contributed by atoms with Crippen molar-refractivity contribution in [1.29, 1.82) is 0 Å². The molecular weight excluding hydrogens is 401 g/mol. The van der Waals surface area contributed by atoms with Crippen LogP contribution in [0.25, 0.3) is 5.76 Å². The molecule has 1 saturated heterocycles. The Labute approximate surface area is 177 Å². The predicted octanol–water partition coefficient (Wildman–Crippen LogP) is 4.37. The maximum Gasteiger partial charge on any atom is 0.300 e. The molecule has 0 spiro atoms. The van der Waals surface area contributed by atoms with Crippen LogP contribution in [-0.2, 0) is 16.0 Å². The fourth-order valence-corrected chi connectivity index (χ4v) is 4.10. The van der Waals surface area contributed by atoms with E-state index in [0.29, 0.717) is 12.2 Å². The van der Waals surface area contributed by atoms with Gasteiger partial charge in [0.2, 0.25) is 0 Å². The molecule has 0 bridgehead atoms. The minimum Gasteiger partial charge on any atom is -0.507 e. The van der Waals surface area contributed by atoms with Crippen LogP contribution >= 0.6 is 0 Å². The number of anilines is 1. The van der Waals surface area contributed by atoms with E-state index in [1.54, 1.807) is 30.3 Å². The van der Waals surface area contributed by atoms with Crippen molar-refractivity contribution in [2.24, 2.45) is 0 Å². The van der Waals surface area contributed by atoms with Gasteiger partial charge >= 0.3 is 0 Å². The molecule has 5 rings (SSSR count). The number of rotatable bonds is 3. The summed E-state index contributed by atoms with van der Waals surface area (Å²) in [6, 6.07) is 12.8. The number of fused-ring (bicyclic) bond motifs is 1. The van der Waals surface area contributed by atoms with E-state index in [9.17, 15) is 19.1 Å². The molecule has 1 amide bonds. The Morgan fingerprint density at radius 2 is 1.97 bits per heavy atom. The number of hydrogen-bond acceptors (Lipinski definition) is 5. The standard InChI is InChI=1S/C24H18FNO5/c25-16-5-1-6-17(13-16)26-21(19-7-3-11-31-19)20(23(28)24(26)29)22(27)15-8-9-18-14(12-15)4-2-10-30-18/h1,3,5-9,11-13,21,27H,2,4,10H2/b22-20-. The summed E-state index contributed by atoms with van der Waals surface area (Å²) in [5, 5.41) is 11.1. The quantitative estimate of drug-likeness (QED) is 0.387. The third-order valence-corrected chi connectivity index (χ3v) is 5.53. The van der Waals surface area contributed by atoms with Crippen molar-refractivity contribution in [2.45, 2.75) is 18.9 Å². The van der Waals surface area contributed by atoms with Crippen LogP contribution < -0.4 is 9.64 Å². The number of hydrogen-bond donors (Lipinski definition) is 1. The minimum atomic E-state index is -1.02. The Hall–Kier alpha value is -3.87. The molecule has 0 aliphatic carbocycles. The highest BCUT2D eigenvalue weighted by atomic mass is 19.1. The Balaban J connectivity index is 1.68. The fraction of sp³-hybridized carbons (Fsp3) is 0.167. The fourth-order valence-electron chi connectivity index (χ4n) is 4.10. The van der Waals surface area contributed by atoms with Crippen LogP contribution in [0.2, 0.25) is 0 Å². The number of carbonyl (C=O) groups excluding carboxylic acids is 2. The van der Waals surface area contributed by atoms with Crippen molar-refractivity contribution in [3.63, 3.8) is 0 Å². The number of aliphatic hydroxyl groups excluding tert-OH is 1. The van der Waals surface area contributed by atoms with Crippen LogP contribution in [0.1, 0.15) is 29.3 Å². The number of Topliss-reactive ketones (excluding diaryl/α,β-unsaturated/α-hetero) is 1. The Morgan fingerprint density at radius 1 is 1.10 bits per heavy atom. The van der Waals surface area contributed by atoms with Crippen molar-refractivity contribution in [1.82, 2.24) is 0 Å². The van der Waals surface area contributed by atoms with E-state index in [2.05, 4.69) is 0 Å². The summed E-state index contributed by atoms with van der Waals surface area (Å²) in [5.41, 5.74) is 1.41. The van der Waals surface area contributed by atoms with Gasteiger partial charge in [0.05, 0.1) is 18.4 Å². The van der Waals surface area contributed by atoms with Gasteiger partial charge in [0.1, 0.15) is 29.1 Å². The molecule has 0 saturated carbocycles. The molecule has 3 aromatic rings. The smallest absolute Gasteiger partial charge is 0.300 e. The average molecular weight is 419 g/mol. The van der Waals surface area contributed by atoms with E-state index in [4.69, 9.17) is 9.15 Å². The van der Waals surface area contributed by atoms with Gasteiger partial charge < -0.3 is 14.3 Å². The van der Waals surface area contributed by atoms with Crippen molar-refractivity contribution in [3.8, 4) is 5.75 Å². The van der Waals surface area contributed by atoms with Gasteiger partial charge in [0.15, 0.2) is 0 Å². The number of nitrogens with zero attached hydrogens (tertiary/aromatic N) is 1. The first-order valence-corrected chi connectivity index (χ1v) is 9.90. The molecule has 7 heteroatoms. The Bertz CT molecular complexity index is 1210. The SMILES string of the molecule is O=C1C(=O)N(c2cccc(F)c2)C(c2ccco2)/C1=C(/O)c1ccc2c(c1)CCCO2. The molecule has 1 atom stereocenters. The number of amides is 1. The first-order valence-electron chi connectivity index (χ1n) is 9.90. The predicted molar refractivity (Wildman–Crippen MR) is 110 cm³/mol. The van der Waals surface area contributed by atoms with Crippen molar-refractivity contribution >= 4 is 23.1 Å². The van der Waals surface area contributed by atoms with E-state index in [-0.39, 0.29) is 22.8 Å². The lowest BCUT2D eigenvalue weighted by atomic mass is 9.96. The number of carbonyl (C=O) groups is 2. The monoisotopic (exact) mass is 419 g/mol. The van der Waals surface area contributed by atoms with E-state index in [1.807, 2.05) is 0 Å².